The van der Waals surface area contributed by atoms with E-state index in [9.17, 15) is 0 Å². The lowest BCUT2D eigenvalue weighted by molar-refractivity contribution is 0.647. The maximum atomic E-state index is 2.65. The summed E-state index contributed by atoms with van der Waals surface area (Å²) in [6.45, 7) is 0. The Labute approximate surface area is 163 Å². The monoisotopic (exact) mass is 368 g/mol. The summed E-state index contributed by atoms with van der Waals surface area (Å²) in [4.78, 5) is 0. The number of fused-ring (bicyclic) bond motifs is 2. The molecular weight excluding hydrogens is 343 g/mol. The van der Waals surface area contributed by atoms with E-state index in [2.05, 4.69) is 97.1 Å². The van der Waals surface area contributed by atoms with Gasteiger partial charge < -0.3 is 0 Å². The Morgan fingerprint density at radius 1 is 0.667 bits per heavy atom. The van der Waals surface area contributed by atoms with Crippen molar-refractivity contribution in [1.29, 1.82) is 0 Å². The molecule has 2 aliphatic carbocycles. The molecule has 1 fully saturated rings. The standard InChI is InChI=1S/C26H25P/c1-4-10-20(11-5-1)18-22-19-21-16-17-25(22)26(21)27(23-12-6-2-7-13-23)24-14-8-3-9-15-24/h1-15,19,21,25-26H,16-18H2. The van der Waals surface area contributed by atoms with Gasteiger partial charge in [-0.1, -0.05) is 103 Å². The maximum Gasteiger partial charge on any atom is -0.0000110 e. The Morgan fingerprint density at radius 3 is 1.81 bits per heavy atom. The Bertz CT molecular complexity index is 875. The summed E-state index contributed by atoms with van der Waals surface area (Å²) in [5.74, 6) is 1.50. The second kappa shape index (κ2) is 7.45. The lowest BCUT2D eigenvalue weighted by Crippen LogP contribution is -2.26. The zero-order valence-corrected chi connectivity index (χ0v) is 16.4. The first-order valence-corrected chi connectivity index (χ1v) is 11.4. The van der Waals surface area contributed by atoms with Crippen LogP contribution in [0.3, 0.4) is 0 Å². The number of rotatable bonds is 5. The van der Waals surface area contributed by atoms with Gasteiger partial charge in [-0.3, -0.25) is 0 Å². The van der Waals surface area contributed by atoms with Crippen LogP contribution in [0.4, 0.5) is 0 Å². The molecule has 3 aromatic carbocycles. The van der Waals surface area contributed by atoms with Crippen molar-refractivity contribution < 1.29 is 0 Å². The van der Waals surface area contributed by atoms with Gasteiger partial charge >= 0.3 is 0 Å². The molecule has 2 bridgehead atoms. The molecule has 27 heavy (non-hydrogen) atoms. The van der Waals surface area contributed by atoms with E-state index >= 15 is 0 Å². The minimum absolute atomic E-state index is 0.322. The van der Waals surface area contributed by atoms with E-state index in [1.165, 1.54) is 29.0 Å². The fraction of sp³-hybridized carbons (Fsp3) is 0.231. The minimum atomic E-state index is -0.322. The van der Waals surface area contributed by atoms with E-state index in [-0.39, 0.29) is 7.92 Å². The highest BCUT2D eigenvalue weighted by molar-refractivity contribution is 7.73. The molecule has 0 heterocycles. The van der Waals surface area contributed by atoms with Crippen LogP contribution in [0.5, 0.6) is 0 Å². The molecule has 3 aromatic rings. The predicted octanol–water partition coefficient (Wildman–Crippen LogP) is 5.70. The summed E-state index contributed by atoms with van der Waals surface area (Å²) < 4.78 is 0. The van der Waals surface area contributed by atoms with Crippen LogP contribution in [0.1, 0.15) is 18.4 Å². The van der Waals surface area contributed by atoms with Crippen LogP contribution < -0.4 is 10.6 Å². The van der Waals surface area contributed by atoms with E-state index in [0.29, 0.717) is 0 Å². The zero-order valence-electron chi connectivity index (χ0n) is 15.5. The van der Waals surface area contributed by atoms with Crippen LogP contribution >= 0.6 is 7.92 Å². The van der Waals surface area contributed by atoms with Gasteiger partial charge in [0, 0.05) is 0 Å². The van der Waals surface area contributed by atoms with Crippen molar-refractivity contribution in [3.8, 4) is 0 Å². The first-order valence-electron chi connectivity index (χ1n) is 10.0. The van der Waals surface area contributed by atoms with Crippen LogP contribution in [0.25, 0.3) is 0 Å². The molecule has 1 heteroatoms. The van der Waals surface area contributed by atoms with E-state index in [0.717, 1.165) is 23.9 Å². The van der Waals surface area contributed by atoms with Gasteiger partial charge in [-0.2, -0.15) is 0 Å². The van der Waals surface area contributed by atoms with Crippen molar-refractivity contribution in [1.82, 2.24) is 0 Å². The molecule has 0 aliphatic heterocycles. The first-order chi connectivity index (χ1) is 13.4. The quantitative estimate of drug-likeness (QED) is 0.400. The largest absolute Gasteiger partial charge is 0.0809 e. The van der Waals surface area contributed by atoms with Crippen LogP contribution in [-0.4, -0.2) is 5.66 Å². The van der Waals surface area contributed by atoms with Gasteiger partial charge in [-0.25, -0.2) is 0 Å². The van der Waals surface area contributed by atoms with E-state index in [1.807, 2.05) is 0 Å². The van der Waals surface area contributed by atoms with Crippen LogP contribution in [0.15, 0.2) is 103 Å². The Hall–Kier alpha value is -2.17. The molecule has 5 rings (SSSR count). The summed E-state index contributed by atoms with van der Waals surface area (Å²) in [5, 5.41) is 3.07. The zero-order chi connectivity index (χ0) is 18.1. The Kier molecular flexibility index (Phi) is 4.68. The molecule has 0 saturated heterocycles. The smallest absolute Gasteiger partial charge is 0.0000110 e. The molecule has 0 aromatic heterocycles. The fourth-order valence-corrected chi connectivity index (χ4v) is 8.35. The topological polar surface area (TPSA) is 0 Å². The van der Waals surface area contributed by atoms with Gasteiger partial charge in [0.1, 0.15) is 0 Å². The van der Waals surface area contributed by atoms with Gasteiger partial charge in [0.05, 0.1) is 0 Å². The highest BCUT2D eigenvalue weighted by Gasteiger charge is 2.46. The lowest BCUT2D eigenvalue weighted by Gasteiger charge is -2.30. The SMILES string of the molecule is C1=C(Cc2ccccc2)C2CCC1C2P(c1ccccc1)c1ccccc1. The van der Waals surface area contributed by atoms with E-state index in [1.54, 1.807) is 5.57 Å². The van der Waals surface area contributed by atoms with Crippen LogP contribution in [-0.2, 0) is 6.42 Å². The maximum absolute atomic E-state index is 2.65. The second-order valence-electron chi connectivity index (χ2n) is 7.78. The van der Waals surface area contributed by atoms with Crippen LogP contribution in [0, 0.1) is 11.8 Å². The van der Waals surface area contributed by atoms with Crippen molar-refractivity contribution in [3.63, 3.8) is 0 Å². The summed E-state index contributed by atoms with van der Waals surface area (Å²) in [5.41, 5.74) is 3.92. The Balaban J connectivity index is 1.49. The number of benzene rings is 3. The van der Waals surface area contributed by atoms with E-state index < -0.39 is 0 Å². The number of hydrogen-bond acceptors (Lipinski definition) is 0. The Morgan fingerprint density at radius 2 is 1.22 bits per heavy atom. The predicted molar refractivity (Wildman–Crippen MR) is 117 cm³/mol. The van der Waals surface area contributed by atoms with Gasteiger partial charge in [-0.15, -0.1) is 0 Å². The third-order valence-corrected chi connectivity index (χ3v) is 9.23. The molecule has 0 spiro atoms. The normalized spacial score (nSPS) is 23.6. The van der Waals surface area contributed by atoms with Crippen molar-refractivity contribution in [2.24, 2.45) is 11.8 Å². The molecule has 0 amide bonds. The highest BCUT2D eigenvalue weighted by atomic mass is 31.1. The van der Waals surface area contributed by atoms with Gasteiger partial charge in [0.2, 0.25) is 0 Å². The van der Waals surface area contributed by atoms with Crippen LogP contribution in [0.2, 0.25) is 0 Å². The van der Waals surface area contributed by atoms with Gasteiger partial charge in [-0.05, 0) is 60.9 Å². The number of hydrogen-bond donors (Lipinski definition) is 0. The molecule has 134 valence electrons. The van der Waals surface area contributed by atoms with Gasteiger partial charge in [0.25, 0.3) is 0 Å². The average molecular weight is 368 g/mol. The fourth-order valence-electron chi connectivity index (χ4n) is 5.06. The summed E-state index contributed by atoms with van der Waals surface area (Å²) >= 11 is 0. The van der Waals surface area contributed by atoms with Crippen molar-refractivity contribution in [3.05, 3.63) is 108 Å². The lowest BCUT2D eigenvalue weighted by atomic mass is 9.93. The summed E-state index contributed by atoms with van der Waals surface area (Å²) in [7, 11) is -0.322. The molecule has 1 saturated carbocycles. The van der Waals surface area contributed by atoms with E-state index in [4.69, 9.17) is 0 Å². The molecule has 0 radical (unpaired) electrons. The summed E-state index contributed by atoms with van der Waals surface area (Å²) in [6.07, 6.45) is 6.51. The van der Waals surface area contributed by atoms with Crippen molar-refractivity contribution in [2.45, 2.75) is 24.9 Å². The van der Waals surface area contributed by atoms with Gasteiger partial charge in [0.15, 0.2) is 0 Å². The molecule has 0 nitrogen and oxygen atoms in total. The third-order valence-electron chi connectivity index (χ3n) is 6.18. The van der Waals surface area contributed by atoms with Crippen molar-refractivity contribution in [2.75, 3.05) is 0 Å². The number of allylic oxidation sites excluding steroid dienone is 2. The van der Waals surface area contributed by atoms with Crippen molar-refractivity contribution >= 4 is 18.5 Å². The molecular formula is C26H25P. The average Bonchev–Trinajstić information content (AvgIpc) is 3.28. The third kappa shape index (κ3) is 3.28. The molecule has 2 aliphatic rings. The molecule has 3 atom stereocenters. The summed E-state index contributed by atoms with van der Waals surface area (Å²) in [6, 6.07) is 33.6. The molecule has 0 N–H and O–H groups in total. The highest BCUT2D eigenvalue weighted by Crippen LogP contribution is 2.59. The minimum Gasteiger partial charge on any atom is -0.0809 e. The molecule has 3 unspecified atom stereocenters. The second-order valence-corrected chi connectivity index (χ2v) is 10.2. The first kappa shape index (κ1) is 17.0.